The van der Waals surface area contributed by atoms with Crippen LogP contribution in [0, 0.1) is 0 Å². The van der Waals surface area contributed by atoms with Gasteiger partial charge in [-0.2, -0.15) is 0 Å². The molecule has 0 bridgehead atoms. The number of nitrogens with one attached hydrogen (secondary N) is 3. The van der Waals surface area contributed by atoms with Gasteiger partial charge >= 0.3 is 5.97 Å². The van der Waals surface area contributed by atoms with E-state index in [0.717, 1.165) is 0 Å². The van der Waals surface area contributed by atoms with Crippen LogP contribution >= 0.6 is 0 Å². The molecule has 10 heteroatoms. The molecule has 0 saturated carbocycles. The summed E-state index contributed by atoms with van der Waals surface area (Å²) in [6, 6.07) is -2.32. The zero-order valence-electron chi connectivity index (χ0n) is 10.9. The number of nitrogens with two attached hydrogens (primary N) is 1. The predicted molar refractivity (Wildman–Crippen MR) is 66.3 cm³/mol. The molecule has 20 heavy (non-hydrogen) atoms. The first-order chi connectivity index (χ1) is 9.31. The van der Waals surface area contributed by atoms with Crippen LogP contribution in [0.4, 0.5) is 0 Å². The molecule has 0 saturated heterocycles. The molecule has 0 aliphatic rings. The molecule has 0 aliphatic carbocycles. The lowest BCUT2D eigenvalue weighted by molar-refractivity contribution is -0.142. The van der Waals surface area contributed by atoms with Gasteiger partial charge in [-0.1, -0.05) is 0 Å². The van der Waals surface area contributed by atoms with Crippen LogP contribution in [0.3, 0.4) is 0 Å². The zero-order chi connectivity index (χ0) is 15.7. The van der Waals surface area contributed by atoms with Gasteiger partial charge in [-0.05, 0) is 6.92 Å². The largest absolute Gasteiger partial charge is 0.480 e. The van der Waals surface area contributed by atoms with Crippen LogP contribution in [0.2, 0.25) is 0 Å². The average molecular weight is 290 g/mol. The number of amides is 3. The molecule has 0 aromatic heterocycles. The Morgan fingerprint density at radius 2 is 1.75 bits per heavy atom. The molecule has 7 N–H and O–H groups in total. The number of hydrogen-bond acceptors (Lipinski definition) is 6. The molecule has 0 unspecified atom stereocenters. The molecule has 0 fully saturated rings. The van der Waals surface area contributed by atoms with E-state index in [4.69, 9.17) is 15.9 Å². The van der Waals surface area contributed by atoms with Crippen LogP contribution in [-0.4, -0.2) is 65.7 Å². The van der Waals surface area contributed by atoms with Crippen molar-refractivity contribution in [1.29, 1.82) is 0 Å². The molecule has 2 atom stereocenters. The summed E-state index contributed by atoms with van der Waals surface area (Å²) < 4.78 is 0. The lowest BCUT2D eigenvalue weighted by Crippen LogP contribution is -2.51. The van der Waals surface area contributed by atoms with Gasteiger partial charge in [-0.3, -0.25) is 14.4 Å². The summed E-state index contributed by atoms with van der Waals surface area (Å²) in [7, 11) is 0. The molecular weight excluding hydrogens is 272 g/mol. The molecule has 0 aromatic rings. The van der Waals surface area contributed by atoms with Gasteiger partial charge in [0.15, 0.2) is 0 Å². The fourth-order valence-corrected chi connectivity index (χ4v) is 1.12. The van der Waals surface area contributed by atoms with Gasteiger partial charge in [0.25, 0.3) is 0 Å². The van der Waals surface area contributed by atoms with Crippen molar-refractivity contribution < 1.29 is 29.4 Å². The van der Waals surface area contributed by atoms with Crippen molar-refractivity contribution in [2.75, 3.05) is 19.7 Å². The van der Waals surface area contributed by atoms with Crippen molar-refractivity contribution >= 4 is 23.7 Å². The molecular formula is C10H18N4O6. The third kappa shape index (κ3) is 6.66. The van der Waals surface area contributed by atoms with E-state index >= 15 is 0 Å². The van der Waals surface area contributed by atoms with Crippen LogP contribution in [0.1, 0.15) is 6.92 Å². The summed E-state index contributed by atoms with van der Waals surface area (Å²) in [4.78, 5) is 44.3. The van der Waals surface area contributed by atoms with E-state index in [1.165, 1.54) is 6.92 Å². The van der Waals surface area contributed by atoms with Gasteiger partial charge in [-0.25, -0.2) is 4.79 Å². The van der Waals surface area contributed by atoms with Crippen LogP contribution < -0.4 is 21.7 Å². The van der Waals surface area contributed by atoms with Crippen LogP contribution in [0.25, 0.3) is 0 Å². The maximum Gasteiger partial charge on any atom is 0.328 e. The maximum absolute atomic E-state index is 11.5. The molecule has 0 spiro atoms. The smallest absolute Gasteiger partial charge is 0.328 e. The van der Waals surface area contributed by atoms with Gasteiger partial charge in [0.2, 0.25) is 17.7 Å². The van der Waals surface area contributed by atoms with E-state index in [1.807, 2.05) is 5.32 Å². The van der Waals surface area contributed by atoms with Crippen molar-refractivity contribution in [2.45, 2.75) is 19.0 Å². The SMILES string of the molecule is C[C@H](NC(=O)CN)C(=O)NCC(=O)N[C@@H](CO)C(=O)O. The van der Waals surface area contributed by atoms with E-state index in [1.54, 1.807) is 0 Å². The molecule has 3 amide bonds. The highest BCUT2D eigenvalue weighted by molar-refractivity contribution is 5.91. The maximum atomic E-state index is 11.5. The quantitative estimate of drug-likeness (QED) is 0.265. The molecule has 0 aromatic carbocycles. The number of aliphatic hydroxyl groups excluding tert-OH is 1. The summed E-state index contributed by atoms with van der Waals surface area (Å²) in [5.41, 5.74) is 5.05. The predicted octanol–water partition coefficient (Wildman–Crippen LogP) is -3.87. The first-order valence-electron chi connectivity index (χ1n) is 5.72. The highest BCUT2D eigenvalue weighted by atomic mass is 16.4. The van der Waals surface area contributed by atoms with E-state index in [9.17, 15) is 19.2 Å². The van der Waals surface area contributed by atoms with Gasteiger partial charge in [0.1, 0.15) is 12.1 Å². The van der Waals surface area contributed by atoms with E-state index in [0.29, 0.717) is 0 Å². The highest BCUT2D eigenvalue weighted by Gasteiger charge is 2.20. The Bertz CT molecular complexity index is 386. The van der Waals surface area contributed by atoms with Gasteiger partial charge in [0, 0.05) is 0 Å². The monoisotopic (exact) mass is 290 g/mol. The Morgan fingerprint density at radius 3 is 2.20 bits per heavy atom. The van der Waals surface area contributed by atoms with Crippen molar-refractivity contribution in [3.05, 3.63) is 0 Å². The molecule has 0 heterocycles. The second-order valence-corrected chi connectivity index (χ2v) is 3.85. The van der Waals surface area contributed by atoms with Gasteiger partial charge in [0.05, 0.1) is 19.7 Å². The fourth-order valence-electron chi connectivity index (χ4n) is 1.12. The summed E-state index contributed by atoms with van der Waals surface area (Å²) in [6.45, 7) is -0.118. The Morgan fingerprint density at radius 1 is 1.15 bits per heavy atom. The van der Waals surface area contributed by atoms with E-state index in [-0.39, 0.29) is 6.54 Å². The molecule has 10 nitrogen and oxygen atoms in total. The topological polar surface area (TPSA) is 171 Å². The normalized spacial score (nSPS) is 12.9. The zero-order valence-corrected chi connectivity index (χ0v) is 10.9. The fraction of sp³-hybridized carbons (Fsp3) is 0.600. The highest BCUT2D eigenvalue weighted by Crippen LogP contribution is 1.84. The van der Waals surface area contributed by atoms with Crippen molar-refractivity contribution in [1.82, 2.24) is 16.0 Å². The number of carbonyl (C=O) groups is 4. The number of carboxylic acids is 1. The Labute approximate surface area is 114 Å². The van der Waals surface area contributed by atoms with E-state index in [2.05, 4.69) is 10.6 Å². The van der Waals surface area contributed by atoms with Crippen molar-refractivity contribution in [2.24, 2.45) is 5.73 Å². The Balaban J connectivity index is 4.14. The average Bonchev–Trinajstić information content (AvgIpc) is 2.41. The number of rotatable bonds is 8. The lowest BCUT2D eigenvalue weighted by Gasteiger charge is -2.15. The van der Waals surface area contributed by atoms with Crippen LogP contribution in [-0.2, 0) is 19.2 Å². The lowest BCUT2D eigenvalue weighted by atomic mass is 10.3. The molecule has 0 aliphatic heterocycles. The number of aliphatic carboxylic acids is 1. The number of carboxylic acid groups (broad SMARTS) is 1. The Hall–Kier alpha value is -2.20. The van der Waals surface area contributed by atoms with Crippen molar-refractivity contribution in [3.8, 4) is 0 Å². The minimum atomic E-state index is -1.44. The molecule has 114 valence electrons. The summed E-state index contributed by atoms with van der Waals surface area (Å²) in [5.74, 6) is -3.32. The second kappa shape index (κ2) is 8.82. The Kier molecular flexibility index (Phi) is 7.85. The summed E-state index contributed by atoms with van der Waals surface area (Å²) in [6.07, 6.45) is 0. The van der Waals surface area contributed by atoms with Gasteiger partial charge < -0.3 is 31.9 Å². The third-order valence-corrected chi connectivity index (χ3v) is 2.20. The molecule has 0 radical (unpaired) electrons. The van der Waals surface area contributed by atoms with Crippen LogP contribution in [0.15, 0.2) is 0 Å². The number of carbonyl (C=O) groups excluding carboxylic acids is 3. The number of hydrogen-bond donors (Lipinski definition) is 6. The van der Waals surface area contributed by atoms with Crippen LogP contribution in [0.5, 0.6) is 0 Å². The number of aliphatic hydroxyl groups is 1. The first kappa shape index (κ1) is 17.8. The summed E-state index contributed by atoms with van der Waals surface area (Å²) in [5, 5.41) is 23.8. The minimum Gasteiger partial charge on any atom is -0.480 e. The summed E-state index contributed by atoms with van der Waals surface area (Å²) >= 11 is 0. The van der Waals surface area contributed by atoms with E-state index < -0.39 is 48.9 Å². The van der Waals surface area contributed by atoms with Gasteiger partial charge in [-0.15, -0.1) is 0 Å². The first-order valence-corrected chi connectivity index (χ1v) is 5.72. The molecule has 0 rings (SSSR count). The minimum absolute atomic E-state index is 0.269. The third-order valence-electron chi connectivity index (χ3n) is 2.20. The second-order valence-electron chi connectivity index (χ2n) is 3.85. The van der Waals surface area contributed by atoms with Crippen molar-refractivity contribution in [3.63, 3.8) is 0 Å². The standard InChI is InChI=1S/C10H18N4O6/c1-5(13-7(16)2-11)9(18)12-3-8(17)14-6(4-15)10(19)20/h5-6,15H,2-4,11H2,1H3,(H,12,18)(H,13,16)(H,14,17)(H,19,20)/t5-,6-/m0/s1.